The Morgan fingerprint density at radius 1 is 0.621 bits per heavy atom. The summed E-state index contributed by atoms with van der Waals surface area (Å²) in [5.74, 6) is 0. The summed E-state index contributed by atoms with van der Waals surface area (Å²) in [6.45, 7) is 0.948. The molecular formula is C16H22F8O5. The van der Waals surface area contributed by atoms with Crippen LogP contribution in [-0.4, -0.2) is 64.1 Å². The number of rotatable bonds is 12. The van der Waals surface area contributed by atoms with Crippen molar-refractivity contribution in [3.63, 3.8) is 0 Å². The molecule has 0 spiro atoms. The number of alkyl halides is 8. The van der Waals surface area contributed by atoms with Gasteiger partial charge in [-0.1, -0.05) is 13.8 Å². The van der Waals surface area contributed by atoms with Gasteiger partial charge < -0.3 is 18.9 Å². The third-order valence-corrected chi connectivity index (χ3v) is 5.19. The molecule has 2 heterocycles. The highest BCUT2D eigenvalue weighted by molar-refractivity contribution is 4.86. The standard InChI is InChI=1S/C16H22F8O5/c1-3-11(5-25-6-11)9-27-13(17,18)15(21,22)29-16(23,24)14(19,20)28-10-12(4-2)7-26-8-12/h3-10H2,1-2H3. The number of ether oxygens (including phenoxy) is 5. The Balaban J connectivity index is 2.00. The monoisotopic (exact) mass is 446 g/mol. The predicted octanol–water partition coefficient (Wildman–Crippen LogP) is 4.26. The Labute approximate surface area is 161 Å². The molecular weight excluding hydrogens is 424 g/mol. The maximum atomic E-state index is 13.7. The fourth-order valence-electron chi connectivity index (χ4n) is 2.50. The van der Waals surface area contributed by atoms with Gasteiger partial charge in [-0.25, -0.2) is 4.74 Å². The second-order valence-corrected chi connectivity index (χ2v) is 7.44. The molecule has 2 aliphatic rings. The molecule has 172 valence electrons. The van der Waals surface area contributed by atoms with Crippen LogP contribution in [0.1, 0.15) is 26.7 Å². The first-order valence-corrected chi connectivity index (χ1v) is 8.80. The third kappa shape index (κ3) is 4.94. The molecule has 0 radical (unpaired) electrons. The molecule has 0 amide bonds. The quantitative estimate of drug-likeness (QED) is 0.420. The third-order valence-electron chi connectivity index (χ3n) is 5.19. The van der Waals surface area contributed by atoms with Gasteiger partial charge >= 0.3 is 24.4 Å². The summed E-state index contributed by atoms with van der Waals surface area (Å²) in [7, 11) is 0. The lowest BCUT2D eigenvalue weighted by molar-refractivity contribution is -0.531. The van der Waals surface area contributed by atoms with E-state index in [4.69, 9.17) is 9.47 Å². The molecule has 2 aliphatic heterocycles. The molecule has 0 aromatic carbocycles. The SMILES string of the molecule is CCC1(COC(F)(F)C(F)(F)OC(F)(F)C(F)(F)OCC2(CC)COC2)COC1. The first-order chi connectivity index (χ1) is 13.2. The fraction of sp³-hybridized carbons (Fsp3) is 1.00. The summed E-state index contributed by atoms with van der Waals surface area (Å²) in [5, 5.41) is 0. The minimum atomic E-state index is -6.06. The highest BCUT2D eigenvalue weighted by Gasteiger charge is 2.71. The van der Waals surface area contributed by atoms with Gasteiger partial charge in [0.15, 0.2) is 0 Å². The van der Waals surface area contributed by atoms with Crippen molar-refractivity contribution in [1.82, 2.24) is 0 Å². The van der Waals surface area contributed by atoms with E-state index in [0.29, 0.717) is 0 Å². The van der Waals surface area contributed by atoms with E-state index in [1.165, 1.54) is 0 Å². The van der Waals surface area contributed by atoms with E-state index in [2.05, 4.69) is 14.2 Å². The highest BCUT2D eigenvalue weighted by Crippen LogP contribution is 2.47. The van der Waals surface area contributed by atoms with Gasteiger partial charge in [-0.15, -0.1) is 0 Å². The van der Waals surface area contributed by atoms with E-state index < -0.39 is 48.5 Å². The predicted molar refractivity (Wildman–Crippen MR) is 79.9 cm³/mol. The van der Waals surface area contributed by atoms with Gasteiger partial charge in [0.25, 0.3) is 0 Å². The largest absolute Gasteiger partial charge is 0.453 e. The summed E-state index contributed by atoms with van der Waals surface area (Å²) >= 11 is 0. The Kier molecular flexibility index (Phi) is 6.81. The maximum Gasteiger partial charge on any atom is 0.453 e. The molecule has 29 heavy (non-hydrogen) atoms. The molecule has 0 aromatic heterocycles. The van der Waals surface area contributed by atoms with Gasteiger partial charge in [0.2, 0.25) is 0 Å². The molecule has 0 aromatic rings. The summed E-state index contributed by atoms with van der Waals surface area (Å²) < 4.78 is 129. The smallest absolute Gasteiger partial charge is 0.380 e. The number of hydrogen-bond donors (Lipinski definition) is 0. The zero-order chi connectivity index (χ0) is 22.2. The maximum absolute atomic E-state index is 13.7. The summed E-state index contributed by atoms with van der Waals surface area (Å²) in [6.07, 6.45) is -22.9. The Hall–Kier alpha value is -0.760. The molecule has 2 rings (SSSR count). The van der Waals surface area contributed by atoms with E-state index >= 15 is 0 Å². The number of hydrogen-bond acceptors (Lipinski definition) is 5. The lowest BCUT2D eigenvalue weighted by atomic mass is 9.84. The normalized spacial score (nSPS) is 22.1. The van der Waals surface area contributed by atoms with Gasteiger partial charge in [0.1, 0.15) is 0 Å². The molecule has 0 unspecified atom stereocenters. The van der Waals surface area contributed by atoms with Crippen molar-refractivity contribution in [2.45, 2.75) is 51.1 Å². The van der Waals surface area contributed by atoms with Gasteiger partial charge in [-0.05, 0) is 12.8 Å². The van der Waals surface area contributed by atoms with E-state index in [9.17, 15) is 35.1 Å². The minimum Gasteiger partial charge on any atom is -0.380 e. The highest BCUT2D eigenvalue weighted by atomic mass is 19.3. The molecule has 5 nitrogen and oxygen atoms in total. The second kappa shape index (κ2) is 8.06. The van der Waals surface area contributed by atoms with Crippen LogP contribution in [0, 0.1) is 10.8 Å². The fourth-order valence-corrected chi connectivity index (χ4v) is 2.50. The summed E-state index contributed by atoms with van der Waals surface area (Å²) in [6, 6.07) is 0. The van der Waals surface area contributed by atoms with Crippen LogP contribution in [-0.2, 0) is 23.7 Å². The van der Waals surface area contributed by atoms with Crippen LogP contribution in [0.4, 0.5) is 35.1 Å². The Bertz CT molecular complexity index is 504. The zero-order valence-electron chi connectivity index (χ0n) is 15.7. The lowest BCUT2D eigenvalue weighted by Crippen LogP contribution is -2.57. The van der Waals surface area contributed by atoms with Crippen molar-refractivity contribution in [3.8, 4) is 0 Å². The van der Waals surface area contributed by atoms with Crippen LogP contribution in [0.5, 0.6) is 0 Å². The Morgan fingerprint density at radius 3 is 1.14 bits per heavy atom. The minimum absolute atomic E-state index is 0.0586. The zero-order valence-corrected chi connectivity index (χ0v) is 15.7. The van der Waals surface area contributed by atoms with Gasteiger partial charge in [0.05, 0.1) is 39.6 Å². The molecule has 0 bridgehead atoms. The summed E-state index contributed by atoms with van der Waals surface area (Å²) in [5.41, 5.74) is -1.98. The van der Waals surface area contributed by atoms with E-state index in [1.807, 2.05) is 0 Å². The van der Waals surface area contributed by atoms with Crippen LogP contribution in [0.3, 0.4) is 0 Å². The van der Waals surface area contributed by atoms with Crippen LogP contribution in [0.2, 0.25) is 0 Å². The molecule has 2 fully saturated rings. The van der Waals surface area contributed by atoms with Crippen molar-refractivity contribution in [3.05, 3.63) is 0 Å². The van der Waals surface area contributed by atoms with Crippen molar-refractivity contribution < 1.29 is 58.8 Å². The average molecular weight is 446 g/mol. The van der Waals surface area contributed by atoms with Gasteiger partial charge in [0, 0.05) is 10.8 Å². The van der Waals surface area contributed by atoms with Crippen LogP contribution >= 0.6 is 0 Å². The van der Waals surface area contributed by atoms with Gasteiger partial charge in [-0.3, -0.25) is 0 Å². The molecule has 2 saturated heterocycles. The molecule has 0 saturated carbocycles. The van der Waals surface area contributed by atoms with Crippen molar-refractivity contribution >= 4 is 0 Å². The molecule has 0 N–H and O–H groups in total. The van der Waals surface area contributed by atoms with Crippen LogP contribution < -0.4 is 0 Å². The first-order valence-electron chi connectivity index (χ1n) is 8.80. The average Bonchev–Trinajstić information content (AvgIpc) is 2.52. The van der Waals surface area contributed by atoms with E-state index in [1.54, 1.807) is 13.8 Å². The lowest BCUT2D eigenvalue weighted by Gasteiger charge is -2.42. The Morgan fingerprint density at radius 2 is 0.931 bits per heavy atom. The van der Waals surface area contributed by atoms with Gasteiger partial charge in [-0.2, -0.15) is 35.1 Å². The van der Waals surface area contributed by atoms with Crippen molar-refractivity contribution in [2.75, 3.05) is 39.6 Å². The van der Waals surface area contributed by atoms with E-state index in [0.717, 1.165) is 0 Å². The van der Waals surface area contributed by atoms with Crippen LogP contribution in [0.15, 0.2) is 0 Å². The molecule has 0 aliphatic carbocycles. The first kappa shape index (κ1) is 24.5. The summed E-state index contributed by atoms with van der Waals surface area (Å²) in [4.78, 5) is 0. The molecule has 0 atom stereocenters. The number of halogens is 8. The van der Waals surface area contributed by atoms with Crippen molar-refractivity contribution in [2.24, 2.45) is 10.8 Å². The molecule has 13 heteroatoms. The van der Waals surface area contributed by atoms with Crippen LogP contribution in [0.25, 0.3) is 0 Å². The topological polar surface area (TPSA) is 46.2 Å². The van der Waals surface area contributed by atoms with E-state index in [-0.39, 0.29) is 39.3 Å². The van der Waals surface area contributed by atoms with Crippen molar-refractivity contribution in [1.29, 1.82) is 0 Å². The second-order valence-electron chi connectivity index (χ2n) is 7.44.